The number of ether oxygens (including phenoxy) is 2. The average Bonchev–Trinajstić information content (AvgIpc) is 2.43. The third-order valence-electron chi connectivity index (χ3n) is 2.92. The Labute approximate surface area is 114 Å². The Kier molecular flexibility index (Phi) is 8.16. The van der Waals surface area contributed by atoms with E-state index in [-0.39, 0.29) is 11.9 Å². The molecule has 1 N–H and O–H groups in total. The molecule has 6 nitrogen and oxygen atoms in total. The van der Waals surface area contributed by atoms with Gasteiger partial charge in [0, 0.05) is 26.1 Å². The Hall–Kier alpha value is -1.14. The van der Waals surface area contributed by atoms with Gasteiger partial charge in [0.05, 0.1) is 26.2 Å². The van der Waals surface area contributed by atoms with Gasteiger partial charge < -0.3 is 19.7 Å². The highest BCUT2D eigenvalue weighted by molar-refractivity contribution is 5.76. The Bertz CT molecular complexity index is 278. The molecular formula is C13H24N2O4. The monoisotopic (exact) mass is 272 g/mol. The summed E-state index contributed by atoms with van der Waals surface area (Å²) in [5.41, 5.74) is 0. The number of esters is 1. The molecule has 0 unspecified atom stereocenters. The van der Waals surface area contributed by atoms with Crippen LogP contribution in [0.4, 0.5) is 0 Å². The summed E-state index contributed by atoms with van der Waals surface area (Å²) < 4.78 is 10.0. The number of hydrogen-bond acceptors (Lipinski definition) is 5. The number of hydrogen-bond donors (Lipinski definition) is 1. The molecule has 0 aromatic carbocycles. The van der Waals surface area contributed by atoms with Crippen molar-refractivity contribution in [1.82, 2.24) is 10.2 Å². The molecule has 0 radical (unpaired) electrons. The van der Waals surface area contributed by atoms with E-state index in [4.69, 9.17) is 9.47 Å². The Morgan fingerprint density at radius 3 is 2.63 bits per heavy atom. The molecule has 1 rings (SSSR count). The molecule has 0 spiro atoms. The molecule has 0 bridgehead atoms. The van der Waals surface area contributed by atoms with Gasteiger partial charge in [-0.25, -0.2) is 0 Å². The molecule has 1 heterocycles. The Morgan fingerprint density at radius 2 is 1.95 bits per heavy atom. The van der Waals surface area contributed by atoms with Crippen molar-refractivity contribution in [2.75, 3.05) is 46.0 Å². The van der Waals surface area contributed by atoms with Crippen molar-refractivity contribution < 1.29 is 19.1 Å². The van der Waals surface area contributed by atoms with Gasteiger partial charge in [-0.1, -0.05) is 0 Å². The predicted molar refractivity (Wildman–Crippen MR) is 70.8 cm³/mol. The van der Waals surface area contributed by atoms with Crippen LogP contribution in [0.15, 0.2) is 0 Å². The number of carbonyl (C=O) groups excluding carboxylic acids is 2. The van der Waals surface area contributed by atoms with E-state index in [1.54, 1.807) is 6.92 Å². The van der Waals surface area contributed by atoms with E-state index in [0.29, 0.717) is 52.3 Å². The minimum absolute atomic E-state index is 0.181. The standard InChI is InChI=1S/C13H24N2O4/c1-2-19-13(17)5-7-14-6-3-4-12(16)15-8-10-18-11-9-15/h14H,2-11H2,1H3. The second kappa shape index (κ2) is 9.75. The zero-order valence-corrected chi connectivity index (χ0v) is 11.7. The number of nitrogens with one attached hydrogen (secondary N) is 1. The van der Waals surface area contributed by atoms with Crippen LogP contribution in [0.5, 0.6) is 0 Å². The molecule has 0 atom stereocenters. The van der Waals surface area contributed by atoms with Crippen molar-refractivity contribution in [3.63, 3.8) is 0 Å². The summed E-state index contributed by atoms with van der Waals surface area (Å²) in [6.45, 7) is 6.26. The van der Waals surface area contributed by atoms with Gasteiger partial charge in [-0.05, 0) is 19.9 Å². The Morgan fingerprint density at radius 1 is 1.21 bits per heavy atom. The molecule has 6 heteroatoms. The summed E-state index contributed by atoms with van der Waals surface area (Å²) in [5.74, 6) is 0.00915. The fourth-order valence-corrected chi connectivity index (χ4v) is 1.88. The van der Waals surface area contributed by atoms with Crippen molar-refractivity contribution in [3.05, 3.63) is 0 Å². The van der Waals surface area contributed by atoms with Gasteiger partial charge in [-0.15, -0.1) is 0 Å². The van der Waals surface area contributed by atoms with E-state index in [1.165, 1.54) is 0 Å². The zero-order chi connectivity index (χ0) is 13.9. The van der Waals surface area contributed by atoms with E-state index in [0.717, 1.165) is 13.0 Å². The molecule has 1 amide bonds. The maximum absolute atomic E-state index is 11.8. The van der Waals surface area contributed by atoms with Gasteiger partial charge in [0.25, 0.3) is 0 Å². The van der Waals surface area contributed by atoms with Gasteiger partial charge in [0.2, 0.25) is 5.91 Å². The fourth-order valence-electron chi connectivity index (χ4n) is 1.88. The lowest BCUT2D eigenvalue weighted by Crippen LogP contribution is -2.40. The highest BCUT2D eigenvalue weighted by Gasteiger charge is 2.15. The van der Waals surface area contributed by atoms with Crippen LogP contribution in [0.1, 0.15) is 26.2 Å². The third-order valence-corrected chi connectivity index (χ3v) is 2.92. The lowest BCUT2D eigenvalue weighted by Gasteiger charge is -2.26. The quantitative estimate of drug-likeness (QED) is 0.504. The van der Waals surface area contributed by atoms with E-state index >= 15 is 0 Å². The SMILES string of the molecule is CCOC(=O)CCNCCCC(=O)N1CCOCC1. The first-order valence-electron chi connectivity index (χ1n) is 6.96. The maximum Gasteiger partial charge on any atom is 0.307 e. The van der Waals surface area contributed by atoms with Crippen molar-refractivity contribution in [1.29, 1.82) is 0 Å². The van der Waals surface area contributed by atoms with Crippen LogP contribution >= 0.6 is 0 Å². The molecule has 0 aliphatic carbocycles. The van der Waals surface area contributed by atoms with E-state index in [9.17, 15) is 9.59 Å². The number of morpholine rings is 1. The molecule has 0 aromatic heterocycles. The summed E-state index contributed by atoms with van der Waals surface area (Å²) in [7, 11) is 0. The molecule has 1 fully saturated rings. The summed E-state index contributed by atoms with van der Waals surface area (Å²) in [6, 6.07) is 0. The first-order chi connectivity index (χ1) is 9.24. The summed E-state index contributed by atoms with van der Waals surface area (Å²) in [5, 5.41) is 3.14. The summed E-state index contributed by atoms with van der Waals surface area (Å²) >= 11 is 0. The first-order valence-corrected chi connectivity index (χ1v) is 6.96. The second-order valence-electron chi connectivity index (χ2n) is 4.40. The van der Waals surface area contributed by atoms with Crippen molar-refractivity contribution in [2.24, 2.45) is 0 Å². The van der Waals surface area contributed by atoms with Crippen LogP contribution in [-0.2, 0) is 19.1 Å². The van der Waals surface area contributed by atoms with Crippen LogP contribution in [-0.4, -0.2) is 62.8 Å². The number of rotatable bonds is 8. The van der Waals surface area contributed by atoms with Gasteiger partial charge in [-0.2, -0.15) is 0 Å². The molecule has 0 saturated carbocycles. The fraction of sp³-hybridized carbons (Fsp3) is 0.846. The normalized spacial score (nSPS) is 15.3. The van der Waals surface area contributed by atoms with Crippen molar-refractivity contribution in [2.45, 2.75) is 26.2 Å². The highest BCUT2D eigenvalue weighted by Crippen LogP contribution is 2.01. The first kappa shape index (κ1) is 15.9. The van der Waals surface area contributed by atoms with Gasteiger partial charge in [0.1, 0.15) is 0 Å². The van der Waals surface area contributed by atoms with Crippen LogP contribution in [0, 0.1) is 0 Å². The van der Waals surface area contributed by atoms with E-state index in [2.05, 4.69) is 5.32 Å². The molecular weight excluding hydrogens is 248 g/mol. The Balaban J connectivity index is 1.95. The minimum atomic E-state index is -0.181. The second-order valence-corrected chi connectivity index (χ2v) is 4.40. The predicted octanol–water partition coefficient (Wildman–Crippen LogP) is 0.168. The van der Waals surface area contributed by atoms with E-state index in [1.807, 2.05) is 4.90 Å². The number of nitrogens with zero attached hydrogens (tertiary/aromatic N) is 1. The van der Waals surface area contributed by atoms with E-state index < -0.39 is 0 Å². The lowest BCUT2D eigenvalue weighted by molar-refractivity contribution is -0.143. The number of carbonyl (C=O) groups is 2. The maximum atomic E-state index is 11.8. The van der Waals surface area contributed by atoms with Crippen LogP contribution in [0.25, 0.3) is 0 Å². The zero-order valence-electron chi connectivity index (χ0n) is 11.7. The molecule has 1 aliphatic rings. The topological polar surface area (TPSA) is 67.9 Å². The lowest BCUT2D eigenvalue weighted by atomic mass is 10.2. The third kappa shape index (κ3) is 7.12. The van der Waals surface area contributed by atoms with Crippen LogP contribution in [0.2, 0.25) is 0 Å². The molecule has 0 aromatic rings. The van der Waals surface area contributed by atoms with Gasteiger partial charge in [-0.3, -0.25) is 9.59 Å². The van der Waals surface area contributed by atoms with Crippen LogP contribution < -0.4 is 5.32 Å². The van der Waals surface area contributed by atoms with Gasteiger partial charge >= 0.3 is 5.97 Å². The summed E-state index contributed by atoms with van der Waals surface area (Å²) in [4.78, 5) is 24.7. The van der Waals surface area contributed by atoms with Crippen molar-refractivity contribution >= 4 is 11.9 Å². The molecule has 19 heavy (non-hydrogen) atoms. The van der Waals surface area contributed by atoms with Crippen LogP contribution in [0.3, 0.4) is 0 Å². The van der Waals surface area contributed by atoms with Gasteiger partial charge in [0.15, 0.2) is 0 Å². The number of amides is 1. The smallest absolute Gasteiger partial charge is 0.307 e. The summed E-state index contributed by atoms with van der Waals surface area (Å²) in [6.07, 6.45) is 1.72. The average molecular weight is 272 g/mol. The minimum Gasteiger partial charge on any atom is -0.466 e. The molecule has 1 saturated heterocycles. The largest absolute Gasteiger partial charge is 0.466 e. The highest BCUT2D eigenvalue weighted by atomic mass is 16.5. The van der Waals surface area contributed by atoms with Crippen molar-refractivity contribution in [3.8, 4) is 0 Å². The molecule has 1 aliphatic heterocycles. The molecule has 110 valence electrons.